The molecule has 4 rings (SSSR count). The van der Waals surface area contributed by atoms with Gasteiger partial charge in [-0.1, -0.05) is 24.3 Å². The summed E-state index contributed by atoms with van der Waals surface area (Å²) < 4.78 is 23.4. The van der Waals surface area contributed by atoms with Crippen LogP contribution in [0.3, 0.4) is 0 Å². The zero-order valence-corrected chi connectivity index (χ0v) is 14.9. The molecular weight excluding hydrogens is 368 g/mol. The number of phenols is 2. The maximum absolute atomic E-state index is 10.5. The van der Waals surface area contributed by atoms with Gasteiger partial charge in [-0.2, -0.15) is 0 Å². The molecule has 0 aliphatic carbocycles. The van der Waals surface area contributed by atoms with Crippen LogP contribution in [0.2, 0.25) is 0 Å². The maximum atomic E-state index is 10.5. The van der Waals surface area contributed by atoms with Crippen LogP contribution in [0.5, 0.6) is 11.5 Å². The van der Waals surface area contributed by atoms with Crippen molar-refractivity contribution < 1.29 is 39.4 Å². The van der Waals surface area contributed by atoms with Gasteiger partial charge in [-0.05, 0) is 24.3 Å². The minimum Gasteiger partial charge on any atom is -0.508 e. The minimum atomic E-state index is -1.23. The Kier molecular flexibility index (Phi) is 5.49. The van der Waals surface area contributed by atoms with Crippen LogP contribution in [0.4, 0.5) is 0 Å². The number of aliphatic hydroxyl groups is 2. The summed E-state index contributed by atoms with van der Waals surface area (Å²) in [6, 6.07) is 12.7. The molecule has 2 bridgehead atoms. The van der Waals surface area contributed by atoms with Crippen molar-refractivity contribution in [3.05, 3.63) is 59.7 Å². The number of benzene rings is 2. The molecule has 8 nitrogen and oxygen atoms in total. The SMILES string of the molecule is Oc1ccc(C2OC[C@@H]3OC(c4ccc(O)cc4)O[C@H](CO2)[C@H](O)[C@H]3O)cc1. The molecule has 0 spiro atoms. The summed E-state index contributed by atoms with van der Waals surface area (Å²) in [6.45, 7) is -0.0944. The average molecular weight is 390 g/mol. The number of aliphatic hydroxyl groups excluding tert-OH is 2. The van der Waals surface area contributed by atoms with Crippen LogP contribution >= 0.6 is 0 Å². The molecule has 4 N–H and O–H groups in total. The largest absolute Gasteiger partial charge is 0.508 e. The molecule has 0 radical (unpaired) electrons. The van der Waals surface area contributed by atoms with E-state index in [1.54, 1.807) is 24.3 Å². The van der Waals surface area contributed by atoms with E-state index in [4.69, 9.17) is 18.9 Å². The zero-order chi connectivity index (χ0) is 19.7. The highest BCUT2D eigenvalue weighted by Crippen LogP contribution is 2.34. The van der Waals surface area contributed by atoms with E-state index in [0.29, 0.717) is 11.1 Å². The van der Waals surface area contributed by atoms with Gasteiger partial charge in [0.15, 0.2) is 12.6 Å². The van der Waals surface area contributed by atoms with Crippen molar-refractivity contribution in [2.45, 2.75) is 37.0 Å². The van der Waals surface area contributed by atoms with Crippen molar-refractivity contribution in [1.82, 2.24) is 0 Å². The third-order valence-electron chi connectivity index (χ3n) is 4.86. The minimum absolute atomic E-state index is 0.0472. The molecule has 6 atom stereocenters. The van der Waals surface area contributed by atoms with Crippen LogP contribution in [-0.2, 0) is 18.9 Å². The number of rotatable bonds is 2. The maximum Gasteiger partial charge on any atom is 0.184 e. The van der Waals surface area contributed by atoms with Gasteiger partial charge in [-0.15, -0.1) is 0 Å². The van der Waals surface area contributed by atoms with Gasteiger partial charge in [0.05, 0.1) is 13.2 Å². The average Bonchev–Trinajstić information content (AvgIpc) is 2.78. The second-order valence-electron chi connectivity index (χ2n) is 6.84. The van der Waals surface area contributed by atoms with Crippen LogP contribution in [0.1, 0.15) is 23.7 Å². The Balaban J connectivity index is 1.58. The van der Waals surface area contributed by atoms with Gasteiger partial charge in [-0.25, -0.2) is 0 Å². The van der Waals surface area contributed by atoms with Crippen molar-refractivity contribution in [3.8, 4) is 11.5 Å². The summed E-state index contributed by atoms with van der Waals surface area (Å²) in [5.41, 5.74) is 1.31. The molecule has 2 saturated heterocycles. The highest BCUT2D eigenvalue weighted by molar-refractivity contribution is 5.27. The summed E-state index contributed by atoms with van der Waals surface area (Å²) >= 11 is 0. The molecule has 2 aliphatic rings. The van der Waals surface area contributed by atoms with Crippen molar-refractivity contribution in [2.75, 3.05) is 13.2 Å². The quantitative estimate of drug-likeness (QED) is 0.607. The predicted octanol–water partition coefficient (Wildman–Crippen LogP) is 1.35. The fraction of sp³-hybridized carbons (Fsp3) is 0.400. The number of hydrogen-bond acceptors (Lipinski definition) is 8. The topological polar surface area (TPSA) is 118 Å². The standard InChI is InChI=1S/C20H22O8/c21-13-5-1-11(2-6-13)19-25-9-15-17(23)18(24)16(10-26-19)28-20(27-15)12-3-7-14(22)8-4-12/h1-8,15-24H,9-10H2/t15-,16+,17-,18-,19?,20?/m0/s1. The fourth-order valence-corrected chi connectivity index (χ4v) is 3.25. The van der Waals surface area contributed by atoms with Crippen LogP contribution < -0.4 is 0 Å². The second kappa shape index (κ2) is 8.04. The summed E-state index contributed by atoms with van der Waals surface area (Å²) in [6.07, 6.45) is -5.80. The van der Waals surface area contributed by atoms with Gasteiger partial charge < -0.3 is 39.4 Å². The van der Waals surface area contributed by atoms with Crippen molar-refractivity contribution >= 4 is 0 Å². The Morgan fingerprint density at radius 1 is 0.607 bits per heavy atom. The number of phenolic OH excluding ortho intramolecular Hbond substituents is 2. The highest BCUT2D eigenvalue weighted by atomic mass is 16.7. The first-order chi connectivity index (χ1) is 13.5. The summed E-state index contributed by atoms with van der Waals surface area (Å²) in [7, 11) is 0. The monoisotopic (exact) mass is 390 g/mol. The molecule has 150 valence electrons. The summed E-state index contributed by atoms with van der Waals surface area (Å²) in [4.78, 5) is 0. The van der Waals surface area contributed by atoms with Gasteiger partial charge in [0.25, 0.3) is 0 Å². The molecule has 2 heterocycles. The van der Waals surface area contributed by atoms with E-state index in [1.807, 2.05) is 0 Å². The summed E-state index contributed by atoms with van der Waals surface area (Å²) in [5.74, 6) is 0.230. The fourth-order valence-electron chi connectivity index (χ4n) is 3.25. The Bertz CT molecular complexity index is 756. The van der Waals surface area contributed by atoms with Crippen molar-refractivity contribution in [1.29, 1.82) is 0 Å². The van der Waals surface area contributed by atoms with E-state index in [2.05, 4.69) is 0 Å². The lowest BCUT2D eigenvalue weighted by atomic mass is 10.0. The Labute approximate surface area is 161 Å². The Morgan fingerprint density at radius 2 is 1.00 bits per heavy atom. The number of fused-ring (bicyclic) bond motifs is 3. The van der Waals surface area contributed by atoms with Crippen molar-refractivity contribution in [2.24, 2.45) is 0 Å². The molecule has 2 fully saturated rings. The van der Waals surface area contributed by atoms with Gasteiger partial charge in [0.1, 0.15) is 35.9 Å². The van der Waals surface area contributed by atoms with E-state index >= 15 is 0 Å². The number of hydrogen-bond donors (Lipinski definition) is 4. The molecule has 2 aliphatic heterocycles. The molecule has 2 unspecified atom stereocenters. The van der Waals surface area contributed by atoms with Gasteiger partial charge in [-0.3, -0.25) is 0 Å². The van der Waals surface area contributed by atoms with E-state index < -0.39 is 37.0 Å². The molecule has 0 aromatic heterocycles. The number of aromatic hydroxyl groups is 2. The normalized spacial score (nSPS) is 33.5. The Hall–Kier alpha value is -2.20. The lowest BCUT2D eigenvalue weighted by Gasteiger charge is -2.28. The van der Waals surface area contributed by atoms with Crippen molar-refractivity contribution in [3.63, 3.8) is 0 Å². The highest BCUT2D eigenvalue weighted by Gasteiger charge is 2.42. The first-order valence-electron chi connectivity index (χ1n) is 8.99. The molecule has 8 heteroatoms. The molecule has 2 aromatic carbocycles. The molecular formula is C20H22O8. The smallest absolute Gasteiger partial charge is 0.184 e. The predicted molar refractivity (Wildman–Crippen MR) is 95.4 cm³/mol. The molecule has 0 saturated carbocycles. The zero-order valence-electron chi connectivity index (χ0n) is 14.9. The Morgan fingerprint density at radius 3 is 1.43 bits per heavy atom. The third kappa shape index (κ3) is 3.97. The van der Waals surface area contributed by atoms with E-state index in [9.17, 15) is 20.4 Å². The van der Waals surface area contributed by atoms with Gasteiger partial charge >= 0.3 is 0 Å². The first kappa shape index (κ1) is 19.1. The lowest BCUT2D eigenvalue weighted by molar-refractivity contribution is -0.252. The van der Waals surface area contributed by atoms with Crippen LogP contribution in [0.25, 0.3) is 0 Å². The van der Waals surface area contributed by atoms with Gasteiger partial charge in [0, 0.05) is 11.1 Å². The molecule has 0 amide bonds. The van der Waals surface area contributed by atoms with E-state index in [1.165, 1.54) is 24.3 Å². The van der Waals surface area contributed by atoms with E-state index in [-0.39, 0.29) is 24.7 Å². The van der Waals surface area contributed by atoms with Crippen LogP contribution in [-0.4, -0.2) is 58.1 Å². The second-order valence-corrected chi connectivity index (χ2v) is 6.84. The lowest BCUT2D eigenvalue weighted by Crippen LogP contribution is -2.45. The summed E-state index contributed by atoms with van der Waals surface area (Å²) in [5, 5.41) is 40.0. The van der Waals surface area contributed by atoms with E-state index in [0.717, 1.165) is 0 Å². The van der Waals surface area contributed by atoms with Gasteiger partial charge in [0.2, 0.25) is 0 Å². The molecule has 2 aromatic rings. The molecule has 28 heavy (non-hydrogen) atoms. The first-order valence-corrected chi connectivity index (χ1v) is 8.99. The third-order valence-corrected chi connectivity index (χ3v) is 4.86. The number of ether oxygens (including phenoxy) is 4. The van der Waals surface area contributed by atoms with Crippen LogP contribution in [0, 0.1) is 0 Å². The van der Waals surface area contributed by atoms with Crippen LogP contribution in [0.15, 0.2) is 48.5 Å².